The minimum atomic E-state index is -1.04. The molecule has 1 heterocycles. The van der Waals surface area contributed by atoms with Gasteiger partial charge in [-0.2, -0.15) is 0 Å². The number of tetrazole rings is 1. The number of hydrogen-bond donors (Lipinski definition) is 3. The summed E-state index contributed by atoms with van der Waals surface area (Å²) in [5, 5.41) is 32.2. The van der Waals surface area contributed by atoms with Crippen LogP contribution in [0.25, 0.3) is 22.5 Å². The molecule has 2 aromatic carbocycles. The number of carbonyl (C=O) groups is 1. The molecule has 1 aromatic heterocycles. The van der Waals surface area contributed by atoms with E-state index in [1.54, 1.807) is 18.2 Å². The smallest absolute Gasteiger partial charge is 0.335 e. The summed E-state index contributed by atoms with van der Waals surface area (Å²) in [6, 6.07) is 12.1. The van der Waals surface area contributed by atoms with E-state index < -0.39 is 5.97 Å². The topological polar surface area (TPSA) is 112 Å². The molecule has 0 unspecified atom stereocenters. The van der Waals surface area contributed by atoms with Gasteiger partial charge in [-0.1, -0.05) is 24.3 Å². The van der Waals surface area contributed by atoms with Gasteiger partial charge in [-0.3, -0.25) is 0 Å². The van der Waals surface area contributed by atoms with Gasteiger partial charge < -0.3 is 10.2 Å². The second kappa shape index (κ2) is 5.74. The van der Waals surface area contributed by atoms with Crippen LogP contribution in [0.1, 0.15) is 15.9 Å². The summed E-state index contributed by atoms with van der Waals surface area (Å²) in [4.78, 5) is 11.3. The Morgan fingerprint density at radius 2 is 1.91 bits per heavy atom. The molecule has 110 valence electrons. The van der Waals surface area contributed by atoms with Crippen LogP contribution in [0.4, 0.5) is 0 Å². The third-order valence-electron chi connectivity index (χ3n) is 3.30. The van der Waals surface area contributed by atoms with Gasteiger partial charge in [-0.05, 0) is 45.3 Å². The summed E-state index contributed by atoms with van der Waals surface area (Å²) in [7, 11) is 0. The molecule has 0 amide bonds. The first-order valence-corrected chi connectivity index (χ1v) is 6.50. The second-order valence-corrected chi connectivity index (χ2v) is 4.67. The van der Waals surface area contributed by atoms with Crippen molar-refractivity contribution in [2.45, 2.75) is 6.61 Å². The minimum absolute atomic E-state index is 0.122. The average Bonchev–Trinajstić information content (AvgIpc) is 3.09. The molecule has 3 N–H and O–H groups in total. The number of aromatic nitrogens is 4. The number of aliphatic hydroxyl groups is 1. The molecule has 0 aliphatic rings. The summed E-state index contributed by atoms with van der Waals surface area (Å²) in [6.45, 7) is -0.132. The Morgan fingerprint density at radius 1 is 1.14 bits per heavy atom. The molecule has 0 spiro atoms. The van der Waals surface area contributed by atoms with E-state index in [1.165, 1.54) is 6.07 Å². The predicted molar refractivity (Wildman–Crippen MR) is 77.9 cm³/mol. The van der Waals surface area contributed by atoms with Gasteiger partial charge in [0.05, 0.1) is 12.2 Å². The van der Waals surface area contributed by atoms with E-state index in [-0.39, 0.29) is 12.2 Å². The highest BCUT2D eigenvalue weighted by molar-refractivity contribution is 5.91. The van der Waals surface area contributed by atoms with Gasteiger partial charge in [0.1, 0.15) is 0 Å². The number of benzene rings is 2. The maximum Gasteiger partial charge on any atom is 0.335 e. The molecular formula is C15H12N4O3. The normalized spacial score (nSPS) is 10.6. The standard InChI is InChI=1S/C15H12N4O3/c20-8-9-3-1-2-4-13(9)10-5-11(14-16-18-19-17-14)7-12(6-10)15(21)22/h1-7,20H,8H2,(H,21,22)(H,16,17,18,19). The fourth-order valence-electron chi connectivity index (χ4n) is 2.26. The van der Waals surface area contributed by atoms with Gasteiger partial charge in [-0.25, -0.2) is 9.89 Å². The summed E-state index contributed by atoms with van der Waals surface area (Å²) >= 11 is 0. The van der Waals surface area contributed by atoms with Crippen molar-refractivity contribution >= 4 is 5.97 Å². The Labute approximate surface area is 125 Å². The Balaban J connectivity index is 2.21. The maximum atomic E-state index is 11.3. The van der Waals surface area contributed by atoms with Crippen LogP contribution in [-0.2, 0) is 6.61 Å². The highest BCUT2D eigenvalue weighted by Crippen LogP contribution is 2.29. The lowest BCUT2D eigenvalue weighted by Gasteiger charge is -2.10. The van der Waals surface area contributed by atoms with Crippen molar-refractivity contribution in [3.63, 3.8) is 0 Å². The Morgan fingerprint density at radius 3 is 2.59 bits per heavy atom. The van der Waals surface area contributed by atoms with Gasteiger partial charge in [0.25, 0.3) is 0 Å². The van der Waals surface area contributed by atoms with Crippen LogP contribution >= 0.6 is 0 Å². The molecule has 0 aliphatic heterocycles. The van der Waals surface area contributed by atoms with E-state index in [1.807, 2.05) is 18.2 Å². The number of rotatable bonds is 4. The quantitative estimate of drug-likeness (QED) is 0.676. The molecule has 0 saturated heterocycles. The molecule has 22 heavy (non-hydrogen) atoms. The van der Waals surface area contributed by atoms with Gasteiger partial charge >= 0.3 is 5.97 Å². The van der Waals surface area contributed by atoms with Crippen LogP contribution in [0.5, 0.6) is 0 Å². The number of carboxylic acid groups (broad SMARTS) is 1. The zero-order valence-electron chi connectivity index (χ0n) is 11.4. The lowest BCUT2D eigenvalue weighted by Crippen LogP contribution is -1.99. The van der Waals surface area contributed by atoms with Crippen LogP contribution in [0.3, 0.4) is 0 Å². The van der Waals surface area contributed by atoms with Crippen LogP contribution in [-0.4, -0.2) is 36.8 Å². The maximum absolute atomic E-state index is 11.3. The van der Waals surface area contributed by atoms with E-state index in [9.17, 15) is 15.0 Å². The number of H-pyrrole nitrogens is 1. The van der Waals surface area contributed by atoms with Crippen molar-refractivity contribution in [2.75, 3.05) is 0 Å². The van der Waals surface area contributed by atoms with E-state index in [4.69, 9.17) is 0 Å². The fourth-order valence-corrected chi connectivity index (χ4v) is 2.26. The van der Waals surface area contributed by atoms with Crippen molar-refractivity contribution in [1.29, 1.82) is 0 Å². The molecule has 0 radical (unpaired) electrons. The summed E-state index contributed by atoms with van der Waals surface area (Å²) in [5.74, 6) is -0.664. The Hall–Kier alpha value is -3.06. The Kier molecular flexibility index (Phi) is 3.63. The zero-order valence-corrected chi connectivity index (χ0v) is 11.4. The lowest BCUT2D eigenvalue weighted by molar-refractivity contribution is 0.0697. The highest BCUT2D eigenvalue weighted by Gasteiger charge is 2.13. The van der Waals surface area contributed by atoms with Crippen molar-refractivity contribution in [3.05, 3.63) is 53.6 Å². The van der Waals surface area contributed by atoms with Crippen LogP contribution in [0, 0.1) is 0 Å². The molecule has 0 bridgehead atoms. The molecule has 0 aliphatic carbocycles. The van der Waals surface area contributed by atoms with Gasteiger partial charge in [0, 0.05) is 5.56 Å². The van der Waals surface area contributed by atoms with E-state index in [0.717, 1.165) is 5.56 Å². The number of aromatic amines is 1. The molecule has 7 nitrogen and oxygen atoms in total. The highest BCUT2D eigenvalue weighted by atomic mass is 16.4. The summed E-state index contributed by atoms with van der Waals surface area (Å²) in [5.41, 5.74) is 2.84. The first kappa shape index (κ1) is 13.9. The molecular weight excluding hydrogens is 284 g/mol. The number of hydrogen-bond acceptors (Lipinski definition) is 5. The number of carboxylic acids is 1. The van der Waals surface area contributed by atoms with E-state index in [2.05, 4.69) is 20.6 Å². The van der Waals surface area contributed by atoms with Crippen LogP contribution < -0.4 is 0 Å². The van der Waals surface area contributed by atoms with E-state index in [0.29, 0.717) is 22.5 Å². The van der Waals surface area contributed by atoms with E-state index >= 15 is 0 Å². The summed E-state index contributed by atoms with van der Waals surface area (Å²) < 4.78 is 0. The molecule has 0 atom stereocenters. The molecule has 3 aromatic rings. The molecule has 7 heteroatoms. The van der Waals surface area contributed by atoms with Crippen molar-refractivity contribution in [3.8, 4) is 22.5 Å². The number of nitrogens with zero attached hydrogens (tertiary/aromatic N) is 3. The monoisotopic (exact) mass is 296 g/mol. The second-order valence-electron chi connectivity index (χ2n) is 4.67. The number of aliphatic hydroxyl groups excluding tert-OH is 1. The Bertz CT molecular complexity index is 815. The minimum Gasteiger partial charge on any atom is -0.478 e. The van der Waals surface area contributed by atoms with Crippen molar-refractivity contribution in [2.24, 2.45) is 0 Å². The van der Waals surface area contributed by atoms with Gasteiger partial charge in [0.2, 0.25) is 0 Å². The fraction of sp³-hybridized carbons (Fsp3) is 0.0667. The number of nitrogens with one attached hydrogen (secondary N) is 1. The summed E-state index contributed by atoms with van der Waals surface area (Å²) in [6.07, 6.45) is 0. The third kappa shape index (κ3) is 2.57. The zero-order chi connectivity index (χ0) is 15.5. The first-order chi connectivity index (χ1) is 10.7. The SMILES string of the molecule is O=C(O)c1cc(-c2nnn[nH]2)cc(-c2ccccc2CO)c1. The van der Waals surface area contributed by atoms with Crippen LogP contribution in [0.2, 0.25) is 0 Å². The van der Waals surface area contributed by atoms with Crippen molar-refractivity contribution in [1.82, 2.24) is 20.6 Å². The van der Waals surface area contributed by atoms with Crippen molar-refractivity contribution < 1.29 is 15.0 Å². The lowest BCUT2D eigenvalue weighted by atomic mass is 9.96. The molecule has 3 rings (SSSR count). The molecule has 0 saturated carbocycles. The van der Waals surface area contributed by atoms with Crippen LogP contribution in [0.15, 0.2) is 42.5 Å². The average molecular weight is 296 g/mol. The van der Waals surface area contributed by atoms with Gasteiger partial charge in [-0.15, -0.1) is 5.10 Å². The first-order valence-electron chi connectivity index (χ1n) is 6.50. The largest absolute Gasteiger partial charge is 0.478 e. The van der Waals surface area contributed by atoms with Gasteiger partial charge in [0.15, 0.2) is 5.82 Å². The number of aromatic carboxylic acids is 1. The third-order valence-corrected chi connectivity index (χ3v) is 3.30. The molecule has 0 fully saturated rings. The predicted octanol–water partition coefficient (Wildman–Crippen LogP) is 1.72.